The number of hydrogen-bond acceptors (Lipinski definition) is 4. The summed E-state index contributed by atoms with van der Waals surface area (Å²) in [6.07, 6.45) is -0.954. The average molecular weight is 403 g/mol. The van der Waals surface area contributed by atoms with E-state index in [1.807, 2.05) is 6.92 Å². The summed E-state index contributed by atoms with van der Waals surface area (Å²) < 4.78 is 46.3. The van der Waals surface area contributed by atoms with Gasteiger partial charge in [-0.15, -0.1) is 0 Å². The van der Waals surface area contributed by atoms with Crippen molar-refractivity contribution in [2.24, 2.45) is 13.0 Å². The molecule has 29 heavy (non-hydrogen) atoms. The number of aromatic nitrogens is 3. The minimum atomic E-state index is -4.39. The Kier molecular flexibility index (Phi) is 4.80. The van der Waals surface area contributed by atoms with E-state index in [1.165, 1.54) is 12.1 Å². The Labute approximate surface area is 165 Å². The van der Waals surface area contributed by atoms with E-state index in [1.54, 1.807) is 24.0 Å². The summed E-state index contributed by atoms with van der Waals surface area (Å²) in [7, 11) is 1.78. The van der Waals surface area contributed by atoms with Crippen LogP contribution >= 0.6 is 0 Å². The quantitative estimate of drug-likeness (QED) is 0.629. The molecule has 152 valence electrons. The smallest absolute Gasteiger partial charge is 0.416 e. The zero-order chi connectivity index (χ0) is 20.8. The molecule has 0 saturated heterocycles. The second-order valence-electron chi connectivity index (χ2n) is 7.49. The molecule has 1 fully saturated rings. The first kappa shape index (κ1) is 19.4. The van der Waals surface area contributed by atoms with Crippen LogP contribution in [0.15, 0.2) is 36.5 Å². The molecular weight excluding hydrogens is 383 g/mol. The topological polar surface area (TPSA) is 57.0 Å². The maximum atomic E-state index is 12.8. The first-order chi connectivity index (χ1) is 13.7. The number of pyridine rings is 1. The molecule has 0 bridgehead atoms. The van der Waals surface area contributed by atoms with E-state index in [-0.39, 0.29) is 17.8 Å². The van der Waals surface area contributed by atoms with Gasteiger partial charge in [0, 0.05) is 37.6 Å². The summed E-state index contributed by atoms with van der Waals surface area (Å²) in [4.78, 5) is 16.2. The molecule has 0 radical (unpaired) electrons. The molecule has 1 saturated carbocycles. The van der Waals surface area contributed by atoms with Gasteiger partial charge in [0.25, 0.3) is 0 Å². The second kappa shape index (κ2) is 7.17. The van der Waals surface area contributed by atoms with Crippen molar-refractivity contribution >= 4 is 16.7 Å². The van der Waals surface area contributed by atoms with E-state index < -0.39 is 11.7 Å². The third kappa shape index (κ3) is 3.97. The van der Waals surface area contributed by atoms with Gasteiger partial charge in [0.1, 0.15) is 11.9 Å². The van der Waals surface area contributed by atoms with Crippen LogP contribution < -0.4 is 4.74 Å². The van der Waals surface area contributed by atoms with Crippen LogP contribution in [0.1, 0.15) is 31.7 Å². The van der Waals surface area contributed by atoms with Gasteiger partial charge in [0.2, 0.25) is 5.88 Å². The predicted octanol–water partition coefficient (Wildman–Crippen LogP) is 4.79. The number of benzene rings is 1. The lowest BCUT2D eigenvalue weighted by Crippen LogP contribution is -2.22. The number of fused-ring (bicyclic) bond motifs is 1. The van der Waals surface area contributed by atoms with Gasteiger partial charge in [-0.25, -0.2) is 4.98 Å². The summed E-state index contributed by atoms with van der Waals surface area (Å²) in [6, 6.07) is 6.58. The first-order valence-corrected chi connectivity index (χ1v) is 9.41. The Morgan fingerprint density at radius 1 is 1.24 bits per heavy atom. The molecule has 0 unspecified atom stereocenters. The molecule has 0 spiro atoms. The molecule has 2 heterocycles. The van der Waals surface area contributed by atoms with Crippen LogP contribution in [0.5, 0.6) is 5.88 Å². The minimum Gasteiger partial charge on any atom is -0.474 e. The molecule has 1 aromatic carbocycles. The number of rotatable bonds is 4. The van der Waals surface area contributed by atoms with E-state index in [9.17, 15) is 18.0 Å². The van der Waals surface area contributed by atoms with Crippen molar-refractivity contribution in [3.63, 3.8) is 0 Å². The van der Waals surface area contributed by atoms with E-state index in [4.69, 9.17) is 4.74 Å². The zero-order valence-electron chi connectivity index (χ0n) is 16.0. The van der Waals surface area contributed by atoms with E-state index in [0.717, 1.165) is 23.9 Å². The molecule has 2 atom stereocenters. The molecule has 3 aromatic rings. The molecule has 5 nitrogen and oxygen atoms in total. The number of alkyl halides is 3. The molecule has 0 aliphatic heterocycles. The molecule has 0 amide bonds. The van der Waals surface area contributed by atoms with Gasteiger partial charge in [-0.2, -0.15) is 18.3 Å². The highest BCUT2D eigenvalue weighted by Crippen LogP contribution is 2.34. The Morgan fingerprint density at radius 2 is 1.97 bits per heavy atom. The van der Waals surface area contributed by atoms with Crippen LogP contribution in [-0.4, -0.2) is 26.7 Å². The van der Waals surface area contributed by atoms with Crippen LogP contribution in [0.4, 0.5) is 13.2 Å². The fourth-order valence-electron chi connectivity index (χ4n) is 3.69. The molecule has 1 aliphatic rings. The highest BCUT2D eigenvalue weighted by molar-refractivity contribution is 5.86. The van der Waals surface area contributed by atoms with Gasteiger partial charge in [-0.1, -0.05) is 12.1 Å². The second-order valence-corrected chi connectivity index (χ2v) is 7.49. The molecule has 0 N–H and O–H groups in total. The number of carbonyl (C=O) groups excluding carboxylic acids is 1. The summed E-state index contributed by atoms with van der Waals surface area (Å²) in [5.41, 5.74) is 0.951. The van der Waals surface area contributed by atoms with Crippen molar-refractivity contribution in [3.8, 4) is 17.1 Å². The van der Waals surface area contributed by atoms with Gasteiger partial charge in [0.05, 0.1) is 22.2 Å². The SMILES string of the molecule is C[C@@H](Oc1nc(-c2ccc(C(F)(F)F)cc2)cc2nn(C)cc12)[C@H]1CCC(=O)C1. The van der Waals surface area contributed by atoms with Crippen LogP contribution in [0.2, 0.25) is 0 Å². The minimum absolute atomic E-state index is 0.130. The number of Topliss-reactive ketones (excluding diaryl/α,β-unsaturated/α-hetero) is 1. The lowest BCUT2D eigenvalue weighted by molar-refractivity contribution is -0.137. The van der Waals surface area contributed by atoms with Crippen molar-refractivity contribution < 1.29 is 22.7 Å². The third-order valence-corrected chi connectivity index (χ3v) is 5.34. The maximum Gasteiger partial charge on any atom is 0.416 e. The molecule has 2 aromatic heterocycles. The Bertz CT molecular complexity index is 1060. The van der Waals surface area contributed by atoms with Crippen LogP contribution in [0.3, 0.4) is 0 Å². The third-order valence-electron chi connectivity index (χ3n) is 5.34. The number of carbonyl (C=O) groups is 1. The highest BCUT2D eigenvalue weighted by Gasteiger charge is 2.31. The van der Waals surface area contributed by atoms with Gasteiger partial charge < -0.3 is 4.74 Å². The summed E-state index contributed by atoms with van der Waals surface area (Å²) in [6.45, 7) is 1.91. The predicted molar refractivity (Wildman–Crippen MR) is 101 cm³/mol. The Hall–Kier alpha value is -2.90. The van der Waals surface area contributed by atoms with Crippen LogP contribution in [0, 0.1) is 5.92 Å². The van der Waals surface area contributed by atoms with Gasteiger partial charge >= 0.3 is 6.18 Å². The first-order valence-electron chi connectivity index (χ1n) is 9.41. The monoisotopic (exact) mass is 403 g/mol. The maximum absolute atomic E-state index is 12.8. The standard InChI is InChI=1S/C21H20F3N3O2/c1-12(14-5-8-16(28)9-14)29-20-17-11-27(2)26-19(17)10-18(25-20)13-3-6-15(7-4-13)21(22,23)24/h3-4,6-7,10-12,14H,5,8-9H2,1-2H3/t12-,14+/m1/s1. The lowest BCUT2D eigenvalue weighted by atomic mass is 10.0. The fourth-order valence-corrected chi connectivity index (χ4v) is 3.69. The van der Waals surface area contributed by atoms with Gasteiger partial charge in [-0.05, 0) is 31.5 Å². The van der Waals surface area contributed by atoms with Crippen molar-refractivity contribution in [3.05, 3.63) is 42.1 Å². The fraction of sp³-hybridized carbons (Fsp3) is 0.381. The van der Waals surface area contributed by atoms with Crippen molar-refractivity contribution in [1.29, 1.82) is 0 Å². The summed E-state index contributed by atoms with van der Waals surface area (Å²) >= 11 is 0. The molecular formula is C21H20F3N3O2. The largest absolute Gasteiger partial charge is 0.474 e. The van der Waals surface area contributed by atoms with Crippen molar-refractivity contribution in [1.82, 2.24) is 14.8 Å². The Morgan fingerprint density at radius 3 is 2.59 bits per heavy atom. The average Bonchev–Trinajstić information content (AvgIpc) is 3.26. The van der Waals surface area contributed by atoms with E-state index >= 15 is 0 Å². The normalized spacial score (nSPS) is 18.4. The van der Waals surface area contributed by atoms with Crippen LogP contribution in [0.25, 0.3) is 22.2 Å². The van der Waals surface area contributed by atoms with E-state index in [2.05, 4.69) is 10.1 Å². The van der Waals surface area contributed by atoms with E-state index in [0.29, 0.717) is 35.5 Å². The summed E-state index contributed by atoms with van der Waals surface area (Å²) in [5.74, 6) is 0.742. The Balaban J connectivity index is 1.70. The number of ketones is 1. The van der Waals surface area contributed by atoms with Gasteiger partial charge in [-0.3, -0.25) is 9.48 Å². The number of ether oxygens (including phenoxy) is 1. The zero-order valence-corrected chi connectivity index (χ0v) is 16.0. The number of hydrogen-bond donors (Lipinski definition) is 0. The van der Waals surface area contributed by atoms with Gasteiger partial charge in [0.15, 0.2) is 0 Å². The molecule has 1 aliphatic carbocycles. The lowest BCUT2D eigenvalue weighted by Gasteiger charge is -2.20. The number of halogens is 3. The van der Waals surface area contributed by atoms with Crippen molar-refractivity contribution in [2.75, 3.05) is 0 Å². The number of nitrogens with zero attached hydrogens (tertiary/aromatic N) is 3. The highest BCUT2D eigenvalue weighted by atomic mass is 19.4. The van der Waals surface area contributed by atoms with Crippen LogP contribution in [-0.2, 0) is 18.0 Å². The van der Waals surface area contributed by atoms with Crippen molar-refractivity contribution in [2.45, 2.75) is 38.5 Å². The molecule has 8 heteroatoms. The number of aryl methyl sites for hydroxylation is 1. The summed E-state index contributed by atoms with van der Waals surface area (Å²) in [5, 5.41) is 5.12. The molecule has 4 rings (SSSR count).